The third-order valence-electron chi connectivity index (χ3n) is 5.08. The molecule has 7 N–H and O–H groups in total. The lowest BCUT2D eigenvalue weighted by molar-refractivity contribution is -0.155. The predicted molar refractivity (Wildman–Crippen MR) is 144 cm³/mol. The highest BCUT2D eigenvalue weighted by atomic mass is 35.5. The summed E-state index contributed by atoms with van der Waals surface area (Å²) in [4.78, 5) is 37.7. The van der Waals surface area contributed by atoms with E-state index in [4.69, 9.17) is 57.5 Å². The van der Waals surface area contributed by atoms with Crippen LogP contribution in [0.2, 0.25) is 20.1 Å². The summed E-state index contributed by atoms with van der Waals surface area (Å²) in [5.74, 6) is -2.91. The lowest BCUT2D eigenvalue weighted by Crippen LogP contribution is -2.53. The molecule has 200 valence electrons. The van der Waals surface area contributed by atoms with E-state index >= 15 is 0 Å². The Morgan fingerprint density at radius 3 is 2.32 bits per heavy atom. The Morgan fingerprint density at radius 1 is 0.973 bits per heavy atom. The quantitative estimate of drug-likeness (QED) is 0.0682. The summed E-state index contributed by atoms with van der Waals surface area (Å²) in [5, 5.41) is 24.6. The number of nitrogens with one attached hydrogen (secondary N) is 4. The van der Waals surface area contributed by atoms with E-state index in [1.165, 1.54) is 6.07 Å². The second-order valence-corrected chi connectivity index (χ2v) is 9.53. The largest absolute Gasteiger partial charge is 0.480 e. The maximum absolute atomic E-state index is 13.1. The fourth-order valence-corrected chi connectivity index (χ4v) is 4.02. The van der Waals surface area contributed by atoms with Gasteiger partial charge in [-0.15, -0.1) is 0 Å². The Kier molecular flexibility index (Phi) is 12.2. The Bertz CT molecular complexity index is 1150. The van der Waals surface area contributed by atoms with Gasteiger partial charge in [0.15, 0.2) is 5.96 Å². The fourth-order valence-electron chi connectivity index (χ4n) is 3.22. The number of carboxylic acid groups (broad SMARTS) is 1. The molecule has 0 radical (unpaired) electrons. The van der Waals surface area contributed by atoms with Crippen LogP contribution in [0.5, 0.6) is 0 Å². The highest BCUT2D eigenvalue weighted by Gasteiger charge is 2.30. The number of carbonyl (C=O) groups is 3. The molecule has 0 saturated carbocycles. The van der Waals surface area contributed by atoms with E-state index in [2.05, 4.69) is 16.1 Å². The molecule has 2 aromatic carbocycles. The van der Waals surface area contributed by atoms with Gasteiger partial charge in [-0.1, -0.05) is 58.5 Å². The van der Waals surface area contributed by atoms with Crippen molar-refractivity contribution in [2.75, 3.05) is 6.54 Å². The standard InChI is InChI=1S/C23H26Cl4N6O4/c24-15-5-4-14(17(26)9-15)12-31-20(34)10-21(35)33(19(22(36)37)2-1-7-30-23(28)29)32-11-13-3-6-16(25)18(27)8-13/h3-6,8-9,19,32H,1-2,7,10-12H2,(H,31,34)(H,36,37)(H4,28,29,30)/t19-/m0/s1. The van der Waals surface area contributed by atoms with Crippen molar-refractivity contribution in [2.24, 2.45) is 5.73 Å². The molecule has 14 heteroatoms. The summed E-state index contributed by atoms with van der Waals surface area (Å²) < 4.78 is 0. The molecule has 0 aliphatic rings. The molecule has 37 heavy (non-hydrogen) atoms. The fraction of sp³-hybridized carbons (Fsp3) is 0.304. The van der Waals surface area contributed by atoms with Crippen LogP contribution in [0.3, 0.4) is 0 Å². The molecule has 0 unspecified atom stereocenters. The molecule has 2 rings (SSSR count). The van der Waals surface area contributed by atoms with Crippen LogP contribution in [-0.4, -0.2) is 46.4 Å². The Hall–Kier alpha value is -2.76. The van der Waals surface area contributed by atoms with E-state index in [1.54, 1.807) is 30.3 Å². The van der Waals surface area contributed by atoms with Crippen molar-refractivity contribution in [3.8, 4) is 0 Å². The lowest BCUT2D eigenvalue weighted by Gasteiger charge is -2.29. The molecule has 0 heterocycles. The molecule has 0 spiro atoms. The number of amides is 2. The average Bonchev–Trinajstić information content (AvgIpc) is 2.81. The smallest absolute Gasteiger partial charge is 0.328 e. The lowest BCUT2D eigenvalue weighted by atomic mass is 10.1. The first-order chi connectivity index (χ1) is 17.5. The molecular formula is C23H26Cl4N6O4. The summed E-state index contributed by atoms with van der Waals surface area (Å²) in [7, 11) is 0. The minimum atomic E-state index is -1.30. The number of benzene rings is 2. The number of nitrogens with zero attached hydrogens (tertiary/aromatic N) is 1. The second kappa shape index (κ2) is 14.8. The topological polar surface area (TPSA) is 161 Å². The second-order valence-electron chi connectivity index (χ2n) is 7.87. The molecule has 0 fully saturated rings. The van der Waals surface area contributed by atoms with Gasteiger partial charge in [0.25, 0.3) is 0 Å². The zero-order valence-electron chi connectivity index (χ0n) is 19.5. The maximum Gasteiger partial charge on any atom is 0.328 e. The summed E-state index contributed by atoms with van der Waals surface area (Å²) >= 11 is 24.0. The zero-order chi connectivity index (χ0) is 27.5. The number of guanidine groups is 1. The first-order valence-electron chi connectivity index (χ1n) is 11.0. The van der Waals surface area contributed by atoms with Crippen LogP contribution in [0.1, 0.15) is 30.4 Å². The van der Waals surface area contributed by atoms with Crippen LogP contribution in [0.15, 0.2) is 36.4 Å². The van der Waals surface area contributed by atoms with Crippen molar-refractivity contribution in [2.45, 2.75) is 38.4 Å². The number of hydrazine groups is 1. The molecule has 0 aliphatic carbocycles. The number of hydrogen-bond acceptors (Lipinski definition) is 5. The molecule has 0 bridgehead atoms. The molecule has 2 aromatic rings. The molecule has 0 aromatic heterocycles. The highest BCUT2D eigenvalue weighted by Crippen LogP contribution is 2.23. The van der Waals surface area contributed by atoms with E-state index in [-0.39, 0.29) is 38.4 Å². The van der Waals surface area contributed by atoms with Crippen LogP contribution in [0.4, 0.5) is 0 Å². The summed E-state index contributed by atoms with van der Waals surface area (Å²) in [6.07, 6.45) is -0.303. The first-order valence-corrected chi connectivity index (χ1v) is 12.5. The van der Waals surface area contributed by atoms with Crippen LogP contribution >= 0.6 is 46.4 Å². The van der Waals surface area contributed by atoms with Crippen LogP contribution in [0, 0.1) is 5.41 Å². The number of nitrogens with two attached hydrogens (primary N) is 1. The van der Waals surface area contributed by atoms with E-state index in [0.29, 0.717) is 31.2 Å². The van der Waals surface area contributed by atoms with Gasteiger partial charge < -0.3 is 21.5 Å². The summed E-state index contributed by atoms with van der Waals surface area (Å²) in [5.41, 5.74) is 9.30. The van der Waals surface area contributed by atoms with Gasteiger partial charge in [0.2, 0.25) is 11.8 Å². The van der Waals surface area contributed by atoms with E-state index in [9.17, 15) is 19.5 Å². The van der Waals surface area contributed by atoms with Crippen LogP contribution in [-0.2, 0) is 27.5 Å². The number of aliphatic carboxylic acids is 1. The van der Waals surface area contributed by atoms with E-state index in [0.717, 1.165) is 5.01 Å². The van der Waals surface area contributed by atoms with Gasteiger partial charge in [0.1, 0.15) is 12.5 Å². The third-order valence-corrected chi connectivity index (χ3v) is 6.40. The van der Waals surface area contributed by atoms with E-state index in [1.807, 2.05) is 0 Å². The van der Waals surface area contributed by atoms with Crippen molar-refractivity contribution in [1.82, 2.24) is 21.1 Å². The Balaban J connectivity index is 2.12. The summed E-state index contributed by atoms with van der Waals surface area (Å²) in [6, 6.07) is 8.31. The SMILES string of the molecule is N=C(N)NCCC[C@@H](C(=O)O)N(NCc1ccc(Cl)c(Cl)c1)C(=O)CC(=O)NCc1ccc(Cl)cc1Cl. The molecular weight excluding hydrogens is 566 g/mol. The molecule has 0 aliphatic heterocycles. The molecule has 10 nitrogen and oxygen atoms in total. The van der Waals surface area contributed by atoms with Crippen molar-refractivity contribution in [1.29, 1.82) is 5.41 Å². The average molecular weight is 592 g/mol. The van der Waals surface area contributed by atoms with Gasteiger partial charge in [-0.2, -0.15) is 0 Å². The maximum atomic E-state index is 13.1. The monoisotopic (exact) mass is 590 g/mol. The van der Waals surface area contributed by atoms with Gasteiger partial charge >= 0.3 is 5.97 Å². The number of carbonyl (C=O) groups excluding carboxylic acids is 2. The number of rotatable bonds is 13. The van der Waals surface area contributed by atoms with Gasteiger partial charge in [0, 0.05) is 29.7 Å². The summed E-state index contributed by atoms with van der Waals surface area (Å²) in [6.45, 7) is 0.328. The minimum Gasteiger partial charge on any atom is -0.480 e. The first kappa shape index (κ1) is 30.5. The van der Waals surface area contributed by atoms with Gasteiger partial charge in [-0.05, 0) is 48.2 Å². The van der Waals surface area contributed by atoms with Crippen molar-refractivity contribution < 1.29 is 19.5 Å². The van der Waals surface area contributed by atoms with Gasteiger partial charge in [0.05, 0.1) is 10.0 Å². The molecule has 2 amide bonds. The van der Waals surface area contributed by atoms with Crippen molar-refractivity contribution in [3.05, 3.63) is 67.6 Å². The highest BCUT2D eigenvalue weighted by molar-refractivity contribution is 6.42. The Morgan fingerprint density at radius 2 is 1.70 bits per heavy atom. The van der Waals surface area contributed by atoms with Gasteiger partial charge in [-0.25, -0.2) is 10.2 Å². The minimum absolute atomic E-state index is 0.0255. The number of halogens is 4. The van der Waals surface area contributed by atoms with Crippen molar-refractivity contribution >= 4 is 70.1 Å². The van der Waals surface area contributed by atoms with Crippen molar-refractivity contribution in [3.63, 3.8) is 0 Å². The molecule has 0 saturated heterocycles. The Labute approximate surface area is 233 Å². The van der Waals surface area contributed by atoms with Crippen LogP contribution in [0.25, 0.3) is 0 Å². The predicted octanol–water partition coefficient (Wildman–Crippen LogP) is 3.56. The van der Waals surface area contributed by atoms with E-state index < -0.39 is 30.2 Å². The van der Waals surface area contributed by atoms with Gasteiger partial charge in [-0.3, -0.25) is 20.0 Å². The van der Waals surface area contributed by atoms with Crippen LogP contribution < -0.4 is 21.8 Å². The third kappa shape index (κ3) is 10.3. The normalized spacial score (nSPS) is 11.5. The number of carboxylic acids is 1. The molecule has 1 atom stereocenters. The number of hydrogen-bond donors (Lipinski definition) is 6. The zero-order valence-corrected chi connectivity index (χ0v) is 22.5.